The maximum absolute atomic E-state index is 5.81. The first kappa shape index (κ1) is 10.1. The normalized spacial score (nSPS) is 22.8. The van der Waals surface area contributed by atoms with Crippen molar-refractivity contribution in [1.82, 2.24) is 0 Å². The predicted octanol–water partition coefficient (Wildman–Crippen LogP) is 3.09. The Morgan fingerprint density at radius 3 is 2.69 bits per heavy atom. The van der Waals surface area contributed by atoms with E-state index < -0.39 is 0 Å². The monoisotopic (exact) mass is 233 g/mol. The minimum atomic E-state index is -0.0101. The Kier molecular flexibility index (Phi) is 2.36. The largest absolute Gasteiger partial charge is 0.481 e. The highest BCUT2D eigenvalue weighted by molar-refractivity contribution is 7.80. The van der Waals surface area contributed by atoms with Crippen molar-refractivity contribution in [2.75, 3.05) is 5.32 Å². The molecular formula is C13H15NOS. The molecule has 2 aliphatic rings. The van der Waals surface area contributed by atoms with Gasteiger partial charge in [0.1, 0.15) is 16.8 Å². The van der Waals surface area contributed by atoms with Gasteiger partial charge in [-0.1, -0.05) is 12.2 Å². The van der Waals surface area contributed by atoms with Gasteiger partial charge in [0.15, 0.2) is 0 Å². The molecule has 0 bridgehead atoms. The lowest BCUT2D eigenvalue weighted by Crippen LogP contribution is -2.33. The Hall–Kier alpha value is -1.09. The van der Waals surface area contributed by atoms with E-state index in [1.54, 1.807) is 0 Å². The lowest BCUT2D eigenvalue weighted by atomic mass is 9.91. The van der Waals surface area contributed by atoms with E-state index in [-0.39, 0.29) is 6.10 Å². The van der Waals surface area contributed by atoms with Crippen molar-refractivity contribution in [2.45, 2.75) is 38.7 Å². The molecule has 1 aliphatic carbocycles. The highest BCUT2D eigenvalue weighted by Crippen LogP contribution is 2.35. The van der Waals surface area contributed by atoms with Crippen LogP contribution in [0.15, 0.2) is 12.1 Å². The number of aryl methyl sites for hydroxylation is 2. The van der Waals surface area contributed by atoms with Crippen molar-refractivity contribution in [3.63, 3.8) is 0 Å². The highest BCUT2D eigenvalue weighted by atomic mass is 32.1. The van der Waals surface area contributed by atoms with Crippen LogP contribution in [0.2, 0.25) is 0 Å². The summed E-state index contributed by atoms with van der Waals surface area (Å²) in [4.78, 5) is 0.781. The minimum Gasteiger partial charge on any atom is -0.481 e. The molecule has 1 aliphatic heterocycles. The van der Waals surface area contributed by atoms with Crippen molar-refractivity contribution in [3.8, 4) is 5.75 Å². The Morgan fingerprint density at radius 1 is 1.25 bits per heavy atom. The lowest BCUT2D eigenvalue weighted by molar-refractivity contribution is 0.285. The number of rotatable bonds is 0. The van der Waals surface area contributed by atoms with Crippen LogP contribution < -0.4 is 10.1 Å². The zero-order chi connectivity index (χ0) is 11.1. The summed E-state index contributed by atoms with van der Waals surface area (Å²) in [5, 5.41) is 3.27. The Labute approximate surface area is 101 Å². The van der Waals surface area contributed by atoms with Crippen molar-refractivity contribution in [2.24, 2.45) is 0 Å². The highest BCUT2D eigenvalue weighted by Gasteiger charge is 2.22. The quantitative estimate of drug-likeness (QED) is 0.696. The number of benzene rings is 1. The maximum atomic E-state index is 5.81. The van der Waals surface area contributed by atoms with E-state index in [0.717, 1.165) is 16.4 Å². The van der Waals surface area contributed by atoms with Crippen molar-refractivity contribution >= 4 is 22.9 Å². The predicted molar refractivity (Wildman–Crippen MR) is 69.4 cm³/mol. The average Bonchev–Trinajstić information content (AvgIpc) is 2.28. The molecule has 0 saturated heterocycles. The Balaban J connectivity index is 2.04. The Bertz CT molecular complexity index is 455. The number of thiocarbonyl (C=S) groups is 1. The molecule has 1 aromatic rings. The second kappa shape index (κ2) is 3.74. The molecule has 84 valence electrons. The van der Waals surface area contributed by atoms with Crippen LogP contribution in [-0.2, 0) is 12.8 Å². The molecule has 1 unspecified atom stereocenters. The van der Waals surface area contributed by atoms with Gasteiger partial charge in [-0.3, -0.25) is 0 Å². The summed E-state index contributed by atoms with van der Waals surface area (Å²) in [6.45, 7) is 1.98. The molecule has 1 aromatic carbocycles. The molecule has 3 rings (SSSR count). The van der Waals surface area contributed by atoms with Crippen LogP contribution in [0.4, 0.5) is 5.69 Å². The molecule has 0 saturated carbocycles. The molecule has 0 radical (unpaired) electrons. The van der Waals surface area contributed by atoms with Gasteiger partial charge in [0.05, 0.1) is 5.69 Å². The third-order valence-electron chi connectivity index (χ3n) is 3.37. The van der Waals surface area contributed by atoms with E-state index in [1.807, 2.05) is 6.92 Å². The zero-order valence-corrected chi connectivity index (χ0v) is 10.2. The minimum absolute atomic E-state index is 0.0101. The van der Waals surface area contributed by atoms with E-state index >= 15 is 0 Å². The second-order valence-electron chi connectivity index (χ2n) is 4.57. The lowest BCUT2D eigenvalue weighted by Gasteiger charge is -2.28. The van der Waals surface area contributed by atoms with Crippen LogP contribution in [-0.4, -0.2) is 11.1 Å². The summed E-state index contributed by atoms with van der Waals surface area (Å²) in [5.41, 5.74) is 3.95. The fraction of sp³-hybridized carbons (Fsp3) is 0.462. The van der Waals surface area contributed by atoms with Gasteiger partial charge in [0.2, 0.25) is 0 Å². The van der Waals surface area contributed by atoms with Gasteiger partial charge in [0, 0.05) is 0 Å². The van der Waals surface area contributed by atoms with Crippen LogP contribution >= 0.6 is 12.2 Å². The number of nitrogens with one attached hydrogen (secondary N) is 1. The van der Waals surface area contributed by atoms with Gasteiger partial charge in [-0.2, -0.15) is 0 Å². The van der Waals surface area contributed by atoms with Gasteiger partial charge in [-0.05, 0) is 55.9 Å². The summed E-state index contributed by atoms with van der Waals surface area (Å²) < 4.78 is 5.81. The summed E-state index contributed by atoms with van der Waals surface area (Å²) in [6.07, 6.45) is 4.96. The summed E-state index contributed by atoms with van der Waals surface area (Å²) >= 11 is 5.22. The van der Waals surface area contributed by atoms with Crippen molar-refractivity contribution < 1.29 is 4.74 Å². The SMILES string of the molecule is CC1Oc2cc3c(cc2NC1=S)CCCC3. The molecule has 1 atom stereocenters. The van der Waals surface area contributed by atoms with Gasteiger partial charge in [-0.25, -0.2) is 0 Å². The van der Waals surface area contributed by atoms with E-state index in [9.17, 15) is 0 Å². The Morgan fingerprint density at radius 2 is 1.94 bits per heavy atom. The second-order valence-corrected chi connectivity index (χ2v) is 5.01. The fourth-order valence-electron chi connectivity index (χ4n) is 2.44. The first-order valence-corrected chi connectivity index (χ1v) is 6.28. The van der Waals surface area contributed by atoms with Crippen molar-refractivity contribution in [3.05, 3.63) is 23.3 Å². The average molecular weight is 233 g/mol. The van der Waals surface area contributed by atoms with Gasteiger partial charge in [0.25, 0.3) is 0 Å². The van der Waals surface area contributed by atoms with Gasteiger partial charge >= 0.3 is 0 Å². The standard InChI is InChI=1S/C13H15NOS/c1-8-13(16)14-11-6-9-4-2-3-5-10(9)7-12(11)15-8/h6-8H,2-5H2,1H3,(H,14,16). The molecule has 2 nitrogen and oxygen atoms in total. The number of ether oxygens (including phenoxy) is 1. The molecule has 16 heavy (non-hydrogen) atoms. The molecule has 0 spiro atoms. The summed E-state index contributed by atoms with van der Waals surface area (Å²) in [6, 6.07) is 4.40. The smallest absolute Gasteiger partial charge is 0.146 e. The van der Waals surface area contributed by atoms with Crippen LogP contribution in [0.1, 0.15) is 30.9 Å². The molecule has 1 heterocycles. The van der Waals surface area contributed by atoms with Crippen LogP contribution in [0, 0.1) is 0 Å². The number of hydrogen-bond acceptors (Lipinski definition) is 2. The molecular weight excluding hydrogens is 218 g/mol. The third-order valence-corrected chi connectivity index (χ3v) is 3.81. The molecule has 3 heteroatoms. The van der Waals surface area contributed by atoms with Crippen LogP contribution in [0.5, 0.6) is 5.75 Å². The molecule has 1 N–H and O–H groups in total. The van der Waals surface area contributed by atoms with Crippen LogP contribution in [0.3, 0.4) is 0 Å². The van der Waals surface area contributed by atoms with Gasteiger partial charge < -0.3 is 10.1 Å². The number of fused-ring (bicyclic) bond motifs is 2. The first-order chi connectivity index (χ1) is 7.74. The molecule has 0 aromatic heterocycles. The topological polar surface area (TPSA) is 21.3 Å². The van der Waals surface area contributed by atoms with E-state index in [4.69, 9.17) is 17.0 Å². The van der Waals surface area contributed by atoms with Crippen molar-refractivity contribution in [1.29, 1.82) is 0 Å². The fourth-order valence-corrected chi connectivity index (χ4v) is 2.59. The van der Waals surface area contributed by atoms with E-state index in [2.05, 4.69) is 17.4 Å². The molecule has 0 amide bonds. The van der Waals surface area contributed by atoms with E-state index in [1.165, 1.54) is 36.8 Å². The number of anilines is 1. The number of hydrogen-bond donors (Lipinski definition) is 1. The van der Waals surface area contributed by atoms with Crippen LogP contribution in [0.25, 0.3) is 0 Å². The first-order valence-electron chi connectivity index (χ1n) is 5.87. The zero-order valence-electron chi connectivity index (χ0n) is 9.38. The summed E-state index contributed by atoms with van der Waals surface area (Å²) in [7, 11) is 0. The van der Waals surface area contributed by atoms with E-state index in [0.29, 0.717) is 0 Å². The van der Waals surface area contributed by atoms with Gasteiger partial charge in [-0.15, -0.1) is 0 Å². The summed E-state index contributed by atoms with van der Waals surface area (Å²) in [5.74, 6) is 0.960. The molecule has 0 fully saturated rings. The maximum Gasteiger partial charge on any atom is 0.146 e. The third kappa shape index (κ3) is 1.59.